The van der Waals surface area contributed by atoms with E-state index >= 15 is 0 Å². The van der Waals surface area contributed by atoms with Gasteiger partial charge in [0, 0.05) is 17.9 Å². The zero-order chi connectivity index (χ0) is 19.9. The van der Waals surface area contributed by atoms with Gasteiger partial charge in [-0.15, -0.1) is 0 Å². The molecule has 4 atom stereocenters. The van der Waals surface area contributed by atoms with E-state index in [0.29, 0.717) is 13.0 Å². The Morgan fingerprint density at radius 3 is 1.62 bits per heavy atom. The second kappa shape index (κ2) is 7.10. The summed E-state index contributed by atoms with van der Waals surface area (Å²) in [7, 11) is 0. The molecule has 3 N–H and O–H groups in total. The molecule has 2 fully saturated rings. The molecule has 3 aromatic rings. The third kappa shape index (κ3) is 2.69. The number of benzene rings is 3. The molecule has 0 unspecified atom stereocenters. The van der Waals surface area contributed by atoms with E-state index in [-0.39, 0.29) is 17.3 Å². The van der Waals surface area contributed by atoms with Crippen molar-refractivity contribution in [1.29, 1.82) is 0 Å². The van der Waals surface area contributed by atoms with Gasteiger partial charge in [0.05, 0.1) is 6.10 Å². The molecule has 148 valence electrons. The van der Waals surface area contributed by atoms with E-state index in [4.69, 9.17) is 0 Å². The zero-order valence-electron chi connectivity index (χ0n) is 16.4. The maximum absolute atomic E-state index is 11.9. The third-order valence-corrected chi connectivity index (χ3v) is 7.25. The standard InChI is InChI=1S/C26H27NO2/c28-24-16-25(19-10-4-1-5-11-19,20-12-6-2-7-13-20)22-17-27-18-23(22)26(24,29)21-14-8-3-9-15-21/h1-15,22-24,27-29H,16-18H2/t22-,23+,24-,26+/m0/s1. The van der Waals surface area contributed by atoms with E-state index in [1.165, 1.54) is 11.1 Å². The highest BCUT2D eigenvalue weighted by Gasteiger charge is 2.62. The van der Waals surface area contributed by atoms with Gasteiger partial charge in [0.25, 0.3) is 0 Å². The van der Waals surface area contributed by atoms with Crippen molar-refractivity contribution >= 4 is 0 Å². The van der Waals surface area contributed by atoms with Gasteiger partial charge < -0.3 is 15.5 Å². The van der Waals surface area contributed by atoms with Crippen molar-refractivity contribution in [3.8, 4) is 0 Å². The number of aliphatic hydroxyl groups is 2. The molecule has 3 heteroatoms. The lowest BCUT2D eigenvalue weighted by molar-refractivity contribution is -0.166. The lowest BCUT2D eigenvalue weighted by Gasteiger charge is -2.55. The van der Waals surface area contributed by atoms with Crippen LogP contribution in [-0.2, 0) is 11.0 Å². The molecule has 1 heterocycles. The molecule has 29 heavy (non-hydrogen) atoms. The molecule has 1 aliphatic carbocycles. The number of hydrogen-bond acceptors (Lipinski definition) is 3. The molecule has 1 saturated heterocycles. The summed E-state index contributed by atoms with van der Waals surface area (Å²) in [6.07, 6.45) is -0.388. The number of fused-ring (bicyclic) bond motifs is 1. The number of hydrogen-bond donors (Lipinski definition) is 3. The summed E-state index contributed by atoms with van der Waals surface area (Å²) in [5.41, 5.74) is 1.61. The van der Waals surface area contributed by atoms with Crippen molar-refractivity contribution < 1.29 is 10.2 Å². The maximum Gasteiger partial charge on any atom is 0.120 e. The number of aliphatic hydroxyl groups excluding tert-OH is 1. The van der Waals surface area contributed by atoms with Crippen LogP contribution < -0.4 is 5.32 Å². The summed E-state index contributed by atoms with van der Waals surface area (Å²) in [5, 5.41) is 27.0. The van der Waals surface area contributed by atoms with Crippen LogP contribution in [0.25, 0.3) is 0 Å². The summed E-state index contributed by atoms with van der Waals surface area (Å²) in [5.74, 6) is 0.0787. The Bertz CT molecular complexity index is 920. The second-order valence-corrected chi connectivity index (χ2v) is 8.49. The lowest BCUT2D eigenvalue weighted by Crippen LogP contribution is -2.60. The fourth-order valence-electron chi connectivity index (χ4n) is 5.93. The molecule has 1 aliphatic heterocycles. The summed E-state index contributed by atoms with van der Waals surface area (Å²) in [6, 6.07) is 30.7. The van der Waals surface area contributed by atoms with Crippen molar-refractivity contribution in [2.45, 2.75) is 23.5 Å². The highest BCUT2D eigenvalue weighted by molar-refractivity contribution is 5.45. The van der Waals surface area contributed by atoms with Crippen molar-refractivity contribution in [2.75, 3.05) is 13.1 Å². The van der Waals surface area contributed by atoms with Gasteiger partial charge in [-0.3, -0.25) is 0 Å². The van der Waals surface area contributed by atoms with Crippen molar-refractivity contribution in [3.63, 3.8) is 0 Å². The second-order valence-electron chi connectivity index (χ2n) is 8.49. The van der Waals surface area contributed by atoms with Crippen LogP contribution in [0.3, 0.4) is 0 Å². The first-order valence-electron chi connectivity index (χ1n) is 10.4. The van der Waals surface area contributed by atoms with E-state index in [0.717, 1.165) is 12.1 Å². The first-order chi connectivity index (χ1) is 14.2. The molecule has 0 bridgehead atoms. The summed E-state index contributed by atoms with van der Waals surface area (Å²) < 4.78 is 0. The van der Waals surface area contributed by atoms with Crippen LogP contribution in [0.1, 0.15) is 23.1 Å². The molecule has 3 nitrogen and oxygen atoms in total. The van der Waals surface area contributed by atoms with Gasteiger partial charge in [0.15, 0.2) is 0 Å². The predicted octanol–water partition coefficient (Wildman–Crippen LogP) is 3.46. The van der Waals surface area contributed by atoms with E-state index < -0.39 is 11.7 Å². The van der Waals surface area contributed by atoms with Gasteiger partial charge in [-0.1, -0.05) is 91.0 Å². The Morgan fingerprint density at radius 1 is 0.655 bits per heavy atom. The van der Waals surface area contributed by atoms with Gasteiger partial charge in [-0.05, 0) is 35.6 Å². The highest BCUT2D eigenvalue weighted by atomic mass is 16.3. The SMILES string of the molecule is O[C@H]1CC(c2ccccc2)(c2ccccc2)[C@H]2CNC[C@H]2[C@]1(O)c1ccccc1. The molecule has 2 aliphatic rings. The van der Waals surface area contributed by atoms with E-state index in [1.807, 2.05) is 42.5 Å². The van der Waals surface area contributed by atoms with Crippen molar-refractivity contribution in [3.05, 3.63) is 108 Å². The van der Waals surface area contributed by atoms with Gasteiger partial charge in [-0.25, -0.2) is 0 Å². The zero-order valence-corrected chi connectivity index (χ0v) is 16.4. The Hall–Kier alpha value is -2.46. The quantitative estimate of drug-likeness (QED) is 0.647. The molecule has 1 saturated carbocycles. The molecule has 0 spiro atoms. The van der Waals surface area contributed by atoms with E-state index in [1.54, 1.807) is 0 Å². The first-order valence-corrected chi connectivity index (χ1v) is 10.4. The van der Waals surface area contributed by atoms with Gasteiger partial charge in [-0.2, -0.15) is 0 Å². The van der Waals surface area contributed by atoms with Gasteiger partial charge in [0.2, 0.25) is 0 Å². The largest absolute Gasteiger partial charge is 0.390 e. The maximum atomic E-state index is 11.9. The van der Waals surface area contributed by atoms with E-state index in [9.17, 15) is 10.2 Å². The van der Waals surface area contributed by atoms with Gasteiger partial charge in [0.1, 0.15) is 5.60 Å². The van der Waals surface area contributed by atoms with Crippen LogP contribution >= 0.6 is 0 Å². The van der Waals surface area contributed by atoms with Crippen LogP contribution in [0, 0.1) is 11.8 Å². The Labute approximate surface area is 172 Å². The lowest BCUT2D eigenvalue weighted by atomic mass is 9.51. The highest BCUT2D eigenvalue weighted by Crippen LogP contribution is 2.57. The van der Waals surface area contributed by atoms with Crippen LogP contribution in [0.4, 0.5) is 0 Å². The topological polar surface area (TPSA) is 52.5 Å². The monoisotopic (exact) mass is 385 g/mol. The Kier molecular flexibility index (Phi) is 4.54. The van der Waals surface area contributed by atoms with E-state index in [2.05, 4.69) is 53.8 Å². The predicted molar refractivity (Wildman–Crippen MR) is 114 cm³/mol. The summed E-state index contributed by atoms with van der Waals surface area (Å²) >= 11 is 0. The average Bonchev–Trinajstić information content (AvgIpc) is 3.29. The minimum absolute atomic E-state index is 0.0888. The molecule has 0 aromatic heterocycles. The number of nitrogens with one attached hydrogen (secondary N) is 1. The number of rotatable bonds is 3. The minimum Gasteiger partial charge on any atom is -0.390 e. The van der Waals surface area contributed by atoms with Gasteiger partial charge >= 0.3 is 0 Å². The molecular formula is C26H27NO2. The fraction of sp³-hybridized carbons (Fsp3) is 0.308. The minimum atomic E-state index is -1.26. The molecule has 0 radical (unpaired) electrons. The van der Waals surface area contributed by atoms with Crippen LogP contribution in [0.5, 0.6) is 0 Å². The van der Waals surface area contributed by atoms with Crippen LogP contribution in [-0.4, -0.2) is 29.4 Å². The average molecular weight is 386 g/mol. The molecule has 0 amide bonds. The van der Waals surface area contributed by atoms with Crippen LogP contribution in [0.2, 0.25) is 0 Å². The van der Waals surface area contributed by atoms with Crippen molar-refractivity contribution in [1.82, 2.24) is 5.32 Å². The summed E-state index contributed by atoms with van der Waals surface area (Å²) in [6.45, 7) is 1.50. The Morgan fingerprint density at radius 2 is 1.10 bits per heavy atom. The third-order valence-electron chi connectivity index (χ3n) is 7.25. The molecule has 3 aromatic carbocycles. The van der Waals surface area contributed by atoms with Crippen molar-refractivity contribution in [2.24, 2.45) is 11.8 Å². The van der Waals surface area contributed by atoms with Crippen LogP contribution in [0.15, 0.2) is 91.0 Å². The molecular weight excluding hydrogens is 358 g/mol. The smallest absolute Gasteiger partial charge is 0.120 e. The fourth-order valence-corrected chi connectivity index (χ4v) is 5.93. The first kappa shape index (κ1) is 18.6. The molecule has 5 rings (SSSR count). The Balaban J connectivity index is 1.71. The normalized spacial score (nSPS) is 30.6. The summed E-state index contributed by atoms with van der Waals surface area (Å²) in [4.78, 5) is 0.